The van der Waals surface area contributed by atoms with Crippen molar-refractivity contribution in [3.8, 4) is 0 Å². The SMILES string of the molecule is CN1CCN(c2ccccc2Cl)CC1CN. The lowest BCUT2D eigenvalue weighted by Crippen LogP contribution is -2.54. The maximum Gasteiger partial charge on any atom is 0.0639 e. The van der Waals surface area contributed by atoms with Gasteiger partial charge in [-0.05, 0) is 19.2 Å². The van der Waals surface area contributed by atoms with E-state index in [1.54, 1.807) is 0 Å². The highest BCUT2D eigenvalue weighted by Gasteiger charge is 2.23. The molecule has 4 heteroatoms. The topological polar surface area (TPSA) is 32.5 Å². The number of para-hydroxylation sites is 1. The number of hydrogen-bond donors (Lipinski definition) is 1. The molecule has 1 unspecified atom stereocenters. The number of nitrogens with two attached hydrogens (primary N) is 1. The number of nitrogens with zero attached hydrogens (tertiary/aromatic N) is 2. The second-order valence-electron chi connectivity index (χ2n) is 4.27. The van der Waals surface area contributed by atoms with Gasteiger partial charge in [-0.15, -0.1) is 0 Å². The number of hydrogen-bond acceptors (Lipinski definition) is 3. The molecular formula is C12H18ClN3. The molecule has 1 aliphatic rings. The van der Waals surface area contributed by atoms with E-state index in [9.17, 15) is 0 Å². The zero-order chi connectivity index (χ0) is 11.5. The minimum atomic E-state index is 0.421. The Morgan fingerprint density at radius 1 is 1.38 bits per heavy atom. The van der Waals surface area contributed by atoms with E-state index in [4.69, 9.17) is 17.3 Å². The molecule has 0 spiro atoms. The summed E-state index contributed by atoms with van der Waals surface area (Å²) < 4.78 is 0. The van der Waals surface area contributed by atoms with Crippen molar-refractivity contribution < 1.29 is 0 Å². The number of rotatable bonds is 2. The van der Waals surface area contributed by atoms with Crippen LogP contribution in [0.2, 0.25) is 5.02 Å². The number of halogens is 1. The van der Waals surface area contributed by atoms with Gasteiger partial charge in [0.25, 0.3) is 0 Å². The highest BCUT2D eigenvalue weighted by molar-refractivity contribution is 6.33. The Kier molecular flexibility index (Phi) is 3.69. The van der Waals surface area contributed by atoms with E-state index in [1.807, 2.05) is 18.2 Å². The van der Waals surface area contributed by atoms with E-state index in [0.29, 0.717) is 12.6 Å². The molecule has 1 aromatic rings. The molecule has 2 N–H and O–H groups in total. The van der Waals surface area contributed by atoms with Crippen LogP contribution in [0.5, 0.6) is 0 Å². The average molecular weight is 240 g/mol. The molecule has 3 nitrogen and oxygen atoms in total. The van der Waals surface area contributed by atoms with E-state index >= 15 is 0 Å². The van der Waals surface area contributed by atoms with Gasteiger partial charge in [-0.2, -0.15) is 0 Å². The highest BCUT2D eigenvalue weighted by Crippen LogP contribution is 2.26. The molecule has 1 heterocycles. The van der Waals surface area contributed by atoms with Crippen LogP contribution < -0.4 is 10.6 Å². The first-order valence-corrected chi connectivity index (χ1v) is 6.00. The molecule has 2 rings (SSSR count). The van der Waals surface area contributed by atoms with Gasteiger partial charge in [0.15, 0.2) is 0 Å². The Labute approximate surface area is 102 Å². The maximum atomic E-state index is 6.20. The lowest BCUT2D eigenvalue weighted by Gasteiger charge is -2.40. The van der Waals surface area contributed by atoms with Gasteiger partial charge in [0.2, 0.25) is 0 Å². The van der Waals surface area contributed by atoms with E-state index in [2.05, 4.69) is 22.9 Å². The molecule has 88 valence electrons. The molecule has 0 radical (unpaired) electrons. The van der Waals surface area contributed by atoms with Gasteiger partial charge in [0, 0.05) is 32.2 Å². The third-order valence-electron chi connectivity index (χ3n) is 3.24. The fraction of sp³-hybridized carbons (Fsp3) is 0.500. The quantitative estimate of drug-likeness (QED) is 0.847. The molecule has 0 saturated carbocycles. The fourth-order valence-corrected chi connectivity index (χ4v) is 2.38. The summed E-state index contributed by atoms with van der Waals surface area (Å²) in [6, 6.07) is 8.41. The van der Waals surface area contributed by atoms with Crippen LogP contribution in [-0.2, 0) is 0 Å². The molecular weight excluding hydrogens is 222 g/mol. The van der Waals surface area contributed by atoms with Crippen molar-refractivity contribution in [2.24, 2.45) is 5.73 Å². The number of likely N-dealkylation sites (N-methyl/N-ethyl adjacent to an activating group) is 1. The fourth-order valence-electron chi connectivity index (χ4n) is 2.13. The minimum absolute atomic E-state index is 0.421. The molecule has 0 aliphatic carbocycles. The molecule has 1 aliphatic heterocycles. The predicted molar refractivity (Wildman–Crippen MR) is 69.1 cm³/mol. The highest BCUT2D eigenvalue weighted by atomic mass is 35.5. The van der Waals surface area contributed by atoms with E-state index in [-0.39, 0.29) is 0 Å². The standard InChI is InChI=1S/C12H18ClN3/c1-15-6-7-16(9-10(15)8-14)12-5-3-2-4-11(12)13/h2-5,10H,6-9,14H2,1H3. The van der Waals surface area contributed by atoms with Crippen molar-refractivity contribution in [1.82, 2.24) is 4.90 Å². The Morgan fingerprint density at radius 3 is 2.81 bits per heavy atom. The lowest BCUT2D eigenvalue weighted by atomic mass is 10.1. The van der Waals surface area contributed by atoms with Crippen LogP contribution in [0.4, 0.5) is 5.69 Å². The zero-order valence-corrected chi connectivity index (χ0v) is 10.3. The van der Waals surface area contributed by atoms with E-state index < -0.39 is 0 Å². The summed E-state index contributed by atoms with van der Waals surface area (Å²) in [6.45, 7) is 3.69. The third kappa shape index (κ3) is 2.32. The average Bonchev–Trinajstić information content (AvgIpc) is 2.31. The Morgan fingerprint density at radius 2 is 2.12 bits per heavy atom. The van der Waals surface area contributed by atoms with Gasteiger partial charge in [-0.25, -0.2) is 0 Å². The number of anilines is 1. The van der Waals surface area contributed by atoms with Crippen LogP contribution in [0.15, 0.2) is 24.3 Å². The van der Waals surface area contributed by atoms with Crippen LogP contribution in [0.3, 0.4) is 0 Å². The first kappa shape index (κ1) is 11.7. The first-order chi connectivity index (χ1) is 7.72. The molecule has 0 bridgehead atoms. The summed E-state index contributed by atoms with van der Waals surface area (Å²) in [4.78, 5) is 4.63. The minimum Gasteiger partial charge on any atom is -0.367 e. The normalized spacial score (nSPS) is 22.4. The van der Waals surface area contributed by atoms with Crippen molar-refractivity contribution in [3.05, 3.63) is 29.3 Å². The molecule has 16 heavy (non-hydrogen) atoms. The van der Waals surface area contributed by atoms with Gasteiger partial charge < -0.3 is 10.6 Å². The van der Waals surface area contributed by atoms with Crippen LogP contribution in [0, 0.1) is 0 Å². The maximum absolute atomic E-state index is 6.20. The van der Waals surface area contributed by atoms with Crippen molar-refractivity contribution >= 4 is 17.3 Å². The van der Waals surface area contributed by atoms with Crippen molar-refractivity contribution in [3.63, 3.8) is 0 Å². The summed E-state index contributed by atoms with van der Waals surface area (Å²) in [5.74, 6) is 0. The summed E-state index contributed by atoms with van der Waals surface area (Å²) >= 11 is 6.20. The molecule has 0 aromatic heterocycles. The molecule has 1 fully saturated rings. The third-order valence-corrected chi connectivity index (χ3v) is 3.56. The van der Waals surface area contributed by atoms with E-state index in [1.165, 1.54) is 0 Å². The molecule has 1 saturated heterocycles. The van der Waals surface area contributed by atoms with E-state index in [0.717, 1.165) is 30.3 Å². The number of benzene rings is 1. The zero-order valence-electron chi connectivity index (χ0n) is 9.56. The monoisotopic (exact) mass is 239 g/mol. The van der Waals surface area contributed by atoms with Crippen LogP contribution >= 0.6 is 11.6 Å². The second-order valence-corrected chi connectivity index (χ2v) is 4.67. The first-order valence-electron chi connectivity index (χ1n) is 5.62. The molecule has 1 aromatic carbocycles. The summed E-state index contributed by atoms with van der Waals surface area (Å²) in [5, 5.41) is 0.822. The van der Waals surface area contributed by atoms with Gasteiger partial charge in [-0.3, -0.25) is 4.90 Å². The van der Waals surface area contributed by atoms with Crippen LogP contribution in [-0.4, -0.2) is 44.2 Å². The Balaban J connectivity index is 2.14. The van der Waals surface area contributed by atoms with Crippen molar-refractivity contribution in [2.45, 2.75) is 6.04 Å². The van der Waals surface area contributed by atoms with Crippen molar-refractivity contribution in [1.29, 1.82) is 0 Å². The number of piperazine rings is 1. The van der Waals surface area contributed by atoms with Crippen molar-refractivity contribution in [2.75, 3.05) is 38.1 Å². The Bertz CT molecular complexity index is 356. The lowest BCUT2D eigenvalue weighted by molar-refractivity contribution is 0.224. The van der Waals surface area contributed by atoms with Gasteiger partial charge in [-0.1, -0.05) is 23.7 Å². The largest absolute Gasteiger partial charge is 0.367 e. The van der Waals surface area contributed by atoms with Gasteiger partial charge >= 0.3 is 0 Å². The van der Waals surface area contributed by atoms with Crippen LogP contribution in [0.25, 0.3) is 0 Å². The Hall–Kier alpha value is -0.770. The summed E-state index contributed by atoms with van der Waals surface area (Å²) in [5.41, 5.74) is 6.89. The molecule has 1 atom stereocenters. The predicted octanol–water partition coefficient (Wildman–Crippen LogP) is 1.42. The summed E-state index contributed by atoms with van der Waals surface area (Å²) in [7, 11) is 2.13. The van der Waals surface area contributed by atoms with Crippen LogP contribution in [0.1, 0.15) is 0 Å². The second kappa shape index (κ2) is 5.04. The molecule has 0 amide bonds. The smallest absolute Gasteiger partial charge is 0.0639 e. The summed E-state index contributed by atoms with van der Waals surface area (Å²) in [6.07, 6.45) is 0. The van der Waals surface area contributed by atoms with Gasteiger partial charge in [0.1, 0.15) is 0 Å². The van der Waals surface area contributed by atoms with Gasteiger partial charge in [0.05, 0.1) is 10.7 Å².